The maximum Gasteiger partial charge on any atom is 0.264 e. The first-order valence-corrected chi connectivity index (χ1v) is 16.8. The Morgan fingerprint density at radius 1 is 0.907 bits per heavy atom. The molecule has 0 aromatic heterocycles. The fourth-order valence-corrected chi connectivity index (χ4v) is 6.33. The van der Waals surface area contributed by atoms with Crippen molar-refractivity contribution in [1.29, 1.82) is 0 Å². The first-order valence-electron chi connectivity index (χ1n) is 14.2. The van der Waals surface area contributed by atoms with E-state index >= 15 is 0 Å². The quantitative estimate of drug-likeness (QED) is 0.227. The van der Waals surface area contributed by atoms with Gasteiger partial charge in [-0.25, -0.2) is 8.42 Å². The number of sulfonamides is 1. The minimum atomic E-state index is -4.17. The number of amides is 2. The van der Waals surface area contributed by atoms with Crippen molar-refractivity contribution < 1.29 is 27.5 Å². The highest BCUT2D eigenvalue weighted by Crippen LogP contribution is 2.28. The molecule has 0 aliphatic carbocycles. The van der Waals surface area contributed by atoms with Gasteiger partial charge in [-0.05, 0) is 99.7 Å². The number of hydrogen-bond acceptors (Lipinski definition) is 7. The maximum absolute atomic E-state index is 14.2. The molecule has 0 unspecified atom stereocenters. The van der Waals surface area contributed by atoms with Crippen LogP contribution in [-0.4, -0.2) is 63.7 Å². The Kier molecular flexibility index (Phi) is 12.3. The number of carbonyl (C=O) groups excluding carboxylic acids is 2. The molecule has 3 rings (SSSR count). The Labute approximate surface area is 259 Å². The minimum absolute atomic E-state index is 0.0540. The molecule has 3 aromatic carbocycles. The Hall–Kier alpha value is -3.70. The van der Waals surface area contributed by atoms with Crippen LogP contribution in [0.3, 0.4) is 0 Å². The number of methoxy groups -OCH3 is 1. The summed E-state index contributed by atoms with van der Waals surface area (Å²) < 4.78 is 40.0. The van der Waals surface area contributed by atoms with E-state index in [1.807, 2.05) is 46.1 Å². The van der Waals surface area contributed by atoms with Crippen LogP contribution in [0.25, 0.3) is 0 Å². The molecule has 0 spiro atoms. The highest BCUT2D eigenvalue weighted by molar-refractivity contribution is 7.98. The van der Waals surface area contributed by atoms with E-state index in [0.29, 0.717) is 30.2 Å². The van der Waals surface area contributed by atoms with Crippen molar-refractivity contribution in [3.63, 3.8) is 0 Å². The molecule has 0 saturated heterocycles. The Balaban J connectivity index is 2.06. The lowest BCUT2D eigenvalue weighted by Gasteiger charge is -2.33. The van der Waals surface area contributed by atoms with E-state index < -0.39 is 28.5 Å². The van der Waals surface area contributed by atoms with Crippen LogP contribution >= 0.6 is 11.8 Å². The zero-order valence-electron chi connectivity index (χ0n) is 25.6. The van der Waals surface area contributed by atoms with Gasteiger partial charge in [0.15, 0.2) is 0 Å². The number of rotatable bonds is 15. The molecule has 3 aromatic rings. The summed E-state index contributed by atoms with van der Waals surface area (Å²) >= 11 is 1.50. The van der Waals surface area contributed by atoms with Gasteiger partial charge in [0.1, 0.15) is 24.1 Å². The summed E-state index contributed by atoms with van der Waals surface area (Å²) in [6.45, 7) is 7.44. The predicted octanol–water partition coefficient (Wildman–Crippen LogP) is 5.34. The molecule has 0 aliphatic rings. The molecule has 2 amide bonds. The summed E-state index contributed by atoms with van der Waals surface area (Å²) in [7, 11) is -2.60. The standard InChI is InChI=1S/C32H41N3O6S2/c1-7-30(32(37)33-23(3)4)34(21-24-9-13-26(40-5)14-10-24)31(36)22-35(25-11-15-27(16-12-25)41-8-2)43(38,39)29-19-17-28(42-6)18-20-29/h9-20,23,30H,7-8,21-22H2,1-6H3,(H,33,37)/t30-/m1/s1. The van der Waals surface area contributed by atoms with Gasteiger partial charge < -0.3 is 19.7 Å². The maximum atomic E-state index is 14.2. The Bertz CT molecular complexity index is 1440. The second kappa shape index (κ2) is 15.7. The van der Waals surface area contributed by atoms with Gasteiger partial charge in [-0.2, -0.15) is 0 Å². The van der Waals surface area contributed by atoms with E-state index in [1.165, 1.54) is 28.8 Å². The van der Waals surface area contributed by atoms with Crippen molar-refractivity contribution in [1.82, 2.24) is 10.2 Å². The molecule has 1 atom stereocenters. The zero-order valence-corrected chi connectivity index (χ0v) is 27.2. The second-order valence-electron chi connectivity index (χ2n) is 10.1. The Morgan fingerprint density at radius 3 is 2.02 bits per heavy atom. The van der Waals surface area contributed by atoms with E-state index in [4.69, 9.17) is 9.47 Å². The average molecular weight is 628 g/mol. The van der Waals surface area contributed by atoms with Crippen molar-refractivity contribution in [3.05, 3.63) is 78.4 Å². The summed E-state index contributed by atoms with van der Waals surface area (Å²) in [5.74, 6) is 0.422. The number of ether oxygens (including phenoxy) is 2. The van der Waals surface area contributed by atoms with Crippen molar-refractivity contribution in [2.75, 3.05) is 30.8 Å². The molecule has 0 radical (unpaired) electrons. The van der Waals surface area contributed by atoms with Gasteiger partial charge in [0, 0.05) is 17.5 Å². The average Bonchev–Trinajstić information content (AvgIpc) is 3.00. The molecule has 0 bridgehead atoms. The third kappa shape index (κ3) is 8.90. The molecule has 0 fully saturated rings. The molecule has 0 saturated carbocycles. The number of thioether (sulfide) groups is 1. The van der Waals surface area contributed by atoms with Crippen LogP contribution in [0, 0.1) is 0 Å². The summed E-state index contributed by atoms with van der Waals surface area (Å²) in [4.78, 5) is 29.9. The van der Waals surface area contributed by atoms with Gasteiger partial charge in [0.2, 0.25) is 11.8 Å². The first-order chi connectivity index (χ1) is 20.5. The highest BCUT2D eigenvalue weighted by atomic mass is 32.2. The lowest BCUT2D eigenvalue weighted by molar-refractivity contribution is -0.140. The molecule has 9 nitrogen and oxygen atoms in total. The SMILES string of the molecule is CCOc1ccc(N(CC(=O)N(Cc2ccc(OC)cc2)[C@H](CC)C(=O)NC(C)C)S(=O)(=O)c2ccc(SC)cc2)cc1. The van der Waals surface area contributed by atoms with E-state index in [9.17, 15) is 18.0 Å². The number of anilines is 1. The van der Waals surface area contributed by atoms with Gasteiger partial charge in [0.05, 0.1) is 24.3 Å². The van der Waals surface area contributed by atoms with Crippen molar-refractivity contribution in [2.45, 2.75) is 62.5 Å². The molecule has 0 heterocycles. The van der Waals surface area contributed by atoms with Crippen molar-refractivity contribution in [3.8, 4) is 11.5 Å². The van der Waals surface area contributed by atoms with Crippen LogP contribution in [0.15, 0.2) is 82.6 Å². The van der Waals surface area contributed by atoms with Gasteiger partial charge >= 0.3 is 0 Å². The fraction of sp³-hybridized carbons (Fsp3) is 0.375. The molecule has 43 heavy (non-hydrogen) atoms. The van der Waals surface area contributed by atoms with Gasteiger partial charge in [-0.15, -0.1) is 11.8 Å². The van der Waals surface area contributed by atoms with Crippen LogP contribution in [-0.2, 0) is 26.2 Å². The van der Waals surface area contributed by atoms with Gasteiger partial charge in [0.25, 0.3) is 10.0 Å². The summed E-state index contributed by atoms with van der Waals surface area (Å²) in [6, 6.07) is 19.3. The van der Waals surface area contributed by atoms with Gasteiger partial charge in [-0.1, -0.05) is 19.1 Å². The summed E-state index contributed by atoms with van der Waals surface area (Å²) in [5, 5.41) is 2.90. The summed E-state index contributed by atoms with van der Waals surface area (Å²) in [5.41, 5.74) is 1.07. The third-order valence-electron chi connectivity index (χ3n) is 6.69. The highest BCUT2D eigenvalue weighted by Gasteiger charge is 2.34. The van der Waals surface area contributed by atoms with Crippen molar-refractivity contribution in [2.24, 2.45) is 0 Å². The molecule has 0 aliphatic heterocycles. The number of nitrogens with one attached hydrogen (secondary N) is 1. The van der Waals surface area contributed by atoms with Crippen LogP contribution < -0.4 is 19.1 Å². The molecular formula is C32H41N3O6S2. The molecular weight excluding hydrogens is 587 g/mol. The topological polar surface area (TPSA) is 105 Å². The van der Waals surface area contributed by atoms with Crippen molar-refractivity contribution >= 4 is 39.3 Å². The van der Waals surface area contributed by atoms with E-state index in [-0.39, 0.29) is 23.4 Å². The molecule has 1 N–H and O–H groups in total. The Morgan fingerprint density at radius 2 is 1.51 bits per heavy atom. The monoisotopic (exact) mass is 627 g/mol. The summed E-state index contributed by atoms with van der Waals surface area (Å²) in [6.07, 6.45) is 2.25. The molecule has 11 heteroatoms. The molecule has 232 valence electrons. The van der Waals surface area contributed by atoms with Gasteiger partial charge in [-0.3, -0.25) is 13.9 Å². The van der Waals surface area contributed by atoms with E-state index in [1.54, 1.807) is 55.6 Å². The normalized spacial score (nSPS) is 12.0. The minimum Gasteiger partial charge on any atom is -0.497 e. The van der Waals surface area contributed by atoms with Crippen LogP contribution in [0.5, 0.6) is 11.5 Å². The van der Waals surface area contributed by atoms with E-state index in [0.717, 1.165) is 14.8 Å². The van der Waals surface area contributed by atoms with E-state index in [2.05, 4.69) is 5.32 Å². The lowest BCUT2D eigenvalue weighted by atomic mass is 10.1. The number of benzene rings is 3. The third-order valence-corrected chi connectivity index (χ3v) is 9.22. The number of carbonyl (C=O) groups is 2. The van der Waals surface area contributed by atoms with Crippen LogP contribution in [0.4, 0.5) is 5.69 Å². The smallest absolute Gasteiger partial charge is 0.264 e. The van der Waals surface area contributed by atoms with Crippen LogP contribution in [0.2, 0.25) is 0 Å². The number of hydrogen-bond donors (Lipinski definition) is 1. The second-order valence-corrected chi connectivity index (χ2v) is 12.8. The largest absolute Gasteiger partial charge is 0.497 e. The fourth-order valence-electron chi connectivity index (χ4n) is 4.51. The predicted molar refractivity (Wildman–Crippen MR) is 171 cm³/mol. The van der Waals surface area contributed by atoms with Crippen LogP contribution in [0.1, 0.15) is 39.7 Å². The lowest BCUT2D eigenvalue weighted by Crippen LogP contribution is -2.53. The zero-order chi connectivity index (χ0) is 31.6. The first kappa shape index (κ1) is 33.8. The number of nitrogens with zero attached hydrogens (tertiary/aromatic N) is 2.